The molecule has 1 aromatic heterocycles. The van der Waals surface area contributed by atoms with Crippen molar-refractivity contribution in [2.75, 3.05) is 14.2 Å². The molecule has 1 aromatic carbocycles. The van der Waals surface area contributed by atoms with Crippen molar-refractivity contribution >= 4 is 17.6 Å². The van der Waals surface area contributed by atoms with Crippen LogP contribution < -0.4 is 9.47 Å². The molecule has 7 heteroatoms. The summed E-state index contributed by atoms with van der Waals surface area (Å²) in [4.78, 5) is 10.8. The van der Waals surface area contributed by atoms with Crippen LogP contribution >= 0.6 is 11.6 Å². The van der Waals surface area contributed by atoms with Crippen LogP contribution in [0.25, 0.3) is 11.3 Å². The van der Waals surface area contributed by atoms with Crippen molar-refractivity contribution in [3.05, 3.63) is 28.9 Å². The number of hydrogen-bond donors (Lipinski definition) is 1. The Morgan fingerprint density at radius 2 is 2.11 bits per heavy atom. The van der Waals surface area contributed by atoms with Gasteiger partial charge in [-0.15, -0.1) is 0 Å². The summed E-state index contributed by atoms with van der Waals surface area (Å²) in [6.45, 7) is 0. The first-order valence-corrected chi connectivity index (χ1v) is 5.57. The molecule has 0 aliphatic carbocycles. The molecule has 19 heavy (non-hydrogen) atoms. The molecule has 100 valence electrons. The first kappa shape index (κ1) is 13.2. The van der Waals surface area contributed by atoms with E-state index in [0.717, 1.165) is 0 Å². The highest BCUT2D eigenvalue weighted by atomic mass is 35.5. The lowest BCUT2D eigenvalue weighted by Gasteiger charge is -2.11. The zero-order valence-electron chi connectivity index (χ0n) is 10.1. The van der Waals surface area contributed by atoms with Gasteiger partial charge in [0.1, 0.15) is 0 Å². The number of hydrogen-bond acceptors (Lipinski definition) is 5. The zero-order valence-corrected chi connectivity index (χ0v) is 10.9. The lowest BCUT2D eigenvalue weighted by Crippen LogP contribution is -1.95. The second-order valence-corrected chi connectivity index (χ2v) is 3.95. The van der Waals surface area contributed by atoms with Crippen LogP contribution in [0, 0.1) is 0 Å². The largest absolute Gasteiger partial charge is 0.493 e. The van der Waals surface area contributed by atoms with Crippen molar-refractivity contribution in [1.29, 1.82) is 0 Å². The molecule has 0 atom stereocenters. The Balaban J connectivity index is 2.62. The van der Waals surface area contributed by atoms with Gasteiger partial charge < -0.3 is 19.1 Å². The van der Waals surface area contributed by atoms with Crippen molar-refractivity contribution in [3.63, 3.8) is 0 Å². The second kappa shape index (κ2) is 5.19. The number of rotatable bonds is 4. The van der Waals surface area contributed by atoms with Gasteiger partial charge in [0.15, 0.2) is 23.0 Å². The SMILES string of the molecule is COc1ccc(Cl)c(-c2cc(C(=O)O)no2)c1OC. The lowest BCUT2D eigenvalue weighted by molar-refractivity contribution is 0.0686. The molecule has 6 nitrogen and oxygen atoms in total. The summed E-state index contributed by atoms with van der Waals surface area (Å²) in [6.07, 6.45) is 0. The van der Waals surface area contributed by atoms with Crippen molar-refractivity contribution in [1.82, 2.24) is 5.16 Å². The van der Waals surface area contributed by atoms with Gasteiger partial charge in [0.05, 0.1) is 24.8 Å². The Kier molecular flexibility index (Phi) is 3.62. The van der Waals surface area contributed by atoms with E-state index in [2.05, 4.69) is 5.16 Å². The first-order valence-electron chi connectivity index (χ1n) is 5.19. The van der Waals surface area contributed by atoms with E-state index in [1.165, 1.54) is 20.3 Å². The average molecular weight is 284 g/mol. The predicted octanol–water partition coefficient (Wildman–Crippen LogP) is 2.71. The van der Waals surface area contributed by atoms with Crippen LogP contribution in [0.2, 0.25) is 5.02 Å². The van der Waals surface area contributed by atoms with Gasteiger partial charge in [0.2, 0.25) is 0 Å². The first-order chi connectivity index (χ1) is 9.08. The van der Waals surface area contributed by atoms with Gasteiger partial charge in [0.25, 0.3) is 0 Å². The van der Waals surface area contributed by atoms with Crippen molar-refractivity contribution in [3.8, 4) is 22.8 Å². The maximum atomic E-state index is 10.8. The number of halogens is 1. The Morgan fingerprint density at radius 3 is 2.63 bits per heavy atom. The standard InChI is InChI=1S/C12H10ClNO5/c1-17-8-4-3-6(13)10(11(8)18-2)9-5-7(12(15)16)14-19-9/h3-5H,1-2H3,(H,15,16). The number of carboxylic acids is 1. The third kappa shape index (κ3) is 2.34. The summed E-state index contributed by atoms with van der Waals surface area (Å²) < 4.78 is 15.4. The van der Waals surface area contributed by atoms with Crippen LogP contribution in [0.4, 0.5) is 0 Å². The molecule has 0 unspecified atom stereocenters. The van der Waals surface area contributed by atoms with E-state index in [9.17, 15) is 4.79 Å². The summed E-state index contributed by atoms with van der Waals surface area (Å²) in [5.74, 6) is -0.190. The van der Waals surface area contributed by atoms with Gasteiger partial charge in [-0.05, 0) is 12.1 Å². The molecule has 0 saturated heterocycles. The van der Waals surface area contributed by atoms with Gasteiger partial charge in [-0.3, -0.25) is 0 Å². The van der Waals surface area contributed by atoms with Gasteiger partial charge in [-0.2, -0.15) is 0 Å². The number of benzene rings is 1. The van der Waals surface area contributed by atoms with Crippen LogP contribution in [0.3, 0.4) is 0 Å². The molecule has 2 rings (SSSR count). The quantitative estimate of drug-likeness (QED) is 0.929. The number of ether oxygens (including phenoxy) is 2. The molecular formula is C12H10ClNO5. The summed E-state index contributed by atoms with van der Waals surface area (Å²) in [5.41, 5.74) is 0.180. The normalized spacial score (nSPS) is 10.3. The Morgan fingerprint density at radius 1 is 1.37 bits per heavy atom. The van der Waals surface area contributed by atoms with E-state index in [1.807, 2.05) is 0 Å². The van der Waals surface area contributed by atoms with E-state index in [-0.39, 0.29) is 11.5 Å². The van der Waals surface area contributed by atoms with Gasteiger partial charge >= 0.3 is 5.97 Å². The third-order valence-corrected chi connectivity index (χ3v) is 2.79. The van der Waals surface area contributed by atoms with Crippen molar-refractivity contribution in [2.24, 2.45) is 0 Å². The molecule has 0 spiro atoms. The molecule has 0 aliphatic heterocycles. The minimum Gasteiger partial charge on any atom is -0.493 e. The van der Waals surface area contributed by atoms with Crippen LogP contribution in [0.15, 0.2) is 22.7 Å². The summed E-state index contributed by atoms with van der Waals surface area (Å²) >= 11 is 6.09. The van der Waals surface area contributed by atoms with Crippen LogP contribution in [-0.2, 0) is 0 Å². The van der Waals surface area contributed by atoms with Crippen LogP contribution in [0.5, 0.6) is 11.5 Å². The van der Waals surface area contributed by atoms with Crippen molar-refractivity contribution in [2.45, 2.75) is 0 Å². The minimum absolute atomic E-state index is 0.193. The predicted molar refractivity (Wildman–Crippen MR) is 67.0 cm³/mol. The maximum absolute atomic E-state index is 10.8. The smallest absolute Gasteiger partial charge is 0.358 e. The number of carbonyl (C=O) groups is 1. The van der Waals surface area contributed by atoms with E-state index < -0.39 is 5.97 Å². The summed E-state index contributed by atoms with van der Waals surface area (Å²) in [6, 6.07) is 4.51. The number of aromatic carboxylic acids is 1. The number of nitrogens with zero attached hydrogens (tertiary/aromatic N) is 1. The van der Waals surface area contributed by atoms with Gasteiger partial charge in [-0.1, -0.05) is 16.8 Å². The number of methoxy groups -OCH3 is 2. The molecule has 0 radical (unpaired) electrons. The van der Waals surface area contributed by atoms with E-state index in [1.54, 1.807) is 12.1 Å². The van der Waals surface area contributed by atoms with E-state index in [4.69, 9.17) is 30.7 Å². The highest BCUT2D eigenvalue weighted by Crippen LogP contribution is 2.42. The molecule has 0 bridgehead atoms. The molecule has 0 fully saturated rings. The third-order valence-electron chi connectivity index (χ3n) is 2.47. The zero-order chi connectivity index (χ0) is 14.0. The van der Waals surface area contributed by atoms with Crippen LogP contribution in [0.1, 0.15) is 10.5 Å². The fraction of sp³-hybridized carbons (Fsp3) is 0.167. The average Bonchev–Trinajstić information content (AvgIpc) is 2.87. The molecule has 0 aliphatic rings. The maximum Gasteiger partial charge on any atom is 0.358 e. The fourth-order valence-electron chi connectivity index (χ4n) is 1.63. The Labute approximate surface area is 113 Å². The number of aromatic nitrogens is 1. The van der Waals surface area contributed by atoms with E-state index >= 15 is 0 Å². The lowest BCUT2D eigenvalue weighted by atomic mass is 10.1. The number of carboxylic acid groups (broad SMARTS) is 1. The fourth-order valence-corrected chi connectivity index (χ4v) is 1.87. The summed E-state index contributed by atoms with van der Waals surface area (Å²) in [5, 5.41) is 12.6. The second-order valence-electron chi connectivity index (χ2n) is 3.54. The van der Waals surface area contributed by atoms with Crippen molar-refractivity contribution < 1.29 is 23.9 Å². The topological polar surface area (TPSA) is 81.8 Å². The van der Waals surface area contributed by atoms with E-state index in [0.29, 0.717) is 22.1 Å². The van der Waals surface area contributed by atoms with Gasteiger partial charge in [-0.25, -0.2) is 4.79 Å². The summed E-state index contributed by atoms with van der Waals surface area (Å²) in [7, 11) is 2.94. The molecule has 1 N–H and O–H groups in total. The Bertz CT molecular complexity index is 623. The molecule has 2 aromatic rings. The molecule has 0 amide bonds. The van der Waals surface area contributed by atoms with Crippen LogP contribution in [-0.4, -0.2) is 30.5 Å². The monoisotopic (exact) mass is 283 g/mol. The minimum atomic E-state index is -1.19. The molecular weight excluding hydrogens is 274 g/mol. The highest BCUT2D eigenvalue weighted by molar-refractivity contribution is 6.33. The molecule has 0 saturated carbocycles. The van der Waals surface area contributed by atoms with Gasteiger partial charge in [0, 0.05) is 6.07 Å². The highest BCUT2D eigenvalue weighted by Gasteiger charge is 2.21. The molecule has 1 heterocycles. The Hall–Kier alpha value is -2.21.